The Hall–Kier alpha value is -0.770. The lowest BCUT2D eigenvalue weighted by molar-refractivity contribution is 0.178. The van der Waals surface area contributed by atoms with Crippen LogP contribution in [0.1, 0.15) is 26.7 Å². The van der Waals surface area contributed by atoms with Crippen molar-refractivity contribution < 1.29 is 4.79 Å². The molecule has 1 aliphatic heterocycles. The number of hydrogen-bond acceptors (Lipinski definition) is 2. The minimum absolute atomic E-state index is 0.00449. The van der Waals surface area contributed by atoms with Gasteiger partial charge in [-0.3, -0.25) is 4.90 Å². The zero-order chi connectivity index (χ0) is 12.1. The van der Waals surface area contributed by atoms with Crippen LogP contribution in [0, 0.1) is 5.92 Å². The maximum Gasteiger partial charge on any atom is 0.316 e. The van der Waals surface area contributed by atoms with E-state index in [1.54, 1.807) is 19.0 Å². The molecule has 0 aromatic carbocycles. The van der Waals surface area contributed by atoms with Crippen molar-refractivity contribution in [3.63, 3.8) is 0 Å². The quantitative estimate of drug-likeness (QED) is 0.787. The van der Waals surface area contributed by atoms with Crippen LogP contribution in [-0.2, 0) is 0 Å². The molecule has 1 fully saturated rings. The molecule has 0 bridgehead atoms. The van der Waals surface area contributed by atoms with Crippen LogP contribution in [0.5, 0.6) is 0 Å². The van der Waals surface area contributed by atoms with Crippen molar-refractivity contribution in [3.05, 3.63) is 0 Å². The zero-order valence-corrected chi connectivity index (χ0v) is 11.0. The summed E-state index contributed by atoms with van der Waals surface area (Å²) < 4.78 is 0. The van der Waals surface area contributed by atoms with Crippen LogP contribution in [0.3, 0.4) is 0 Å². The normalized spacial score (nSPS) is 18.8. The standard InChI is InChI=1S/C12H25N3O/c1-10(2)11(15-7-5-6-8-15)9-13-12(16)14(3)4/h10-11H,5-9H2,1-4H3,(H,13,16). The summed E-state index contributed by atoms with van der Waals surface area (Å²) in [6.45, 7) is 7.58. The predicted molar refractivity (Wildman–Crippen MR) is 66.5 cm³/mol. The average Bonchev–Trinajstić information content (AvgIpc) is 2.70. The van der Waals surface area contributed by atoms with Crippen LogP contribution >= 0.6 is 0 Å². The van der Waals surface area contributed by atoms with E-state index in [0.717, 1.165) is 6.54 Å². The van der Waals surface area contributed by atoms with Gasteiger partial charge in [-0.05, 0) is 31.8 Å². The fourth-order valence-corrected chi connectivity index (χ4v) is 2.21. The highest BCUT2D eigenvalue weighted by Gasteiger charge is 2.24. The predicted octanol–water partition coefficient (Wildman–Crippen LogP) is 1.38. The fraction of sp³-hybridized carbons (Fsp3) is 0.917. The van der Waals surface area contributed by atoms with E-state index in [-0.39, 0.29) is 6.03 Å². The summed E-state index contributed by atoms with van der Waals surface area (Å²) in [5.74, 6) is 0.584. The number of amides is 2. The van der Waals surface area contributed by atoms with Crippen LogP contribution in [0.2, 0.25) is 0 Å². The van der Waals surface area contributed by atoms with Crippen LogP contribution in [0.4, 0.5) is 4.79 Å². The monoisotopic (exact) mass is 227 g/mol. The van der Waals surface area contributed by atoms with Gasteiger partial charge in [0.2, 0.25) is 0 Å². The molecule has 0 spiro atoms. The minimum Gasteiger partial charge on any atom is -0.336 e. The zero-order valence-electron chi connectivity index (χ0n) is 11.0. The molecule has 1 unspecified atom stereocenters. The van der Waals surface area contributed by atoms with Crippen LogP contribution in [-0.4, -0.2) is 55.6 Å². The summed E-state index contributed by atoms with van der Waals surface area (Å²) in [4.78, 5) is 15.6. The highest BCUT2D eigenvalue weighted by Crippen LogP contribution is 2.17. The maximum atomic E-state index is 11.5. The topological polar surface area (TPSA) is 35.6 Å². The van der Waals surface area contributed by atoms with Crippen molar-refractivity contribution in [2.45, 2.75) is 32.7 Å². The van der Waals surface area contributed by atoms with E-state index in [1.165, 1.54) is 25.9 Å². The van der Waals surface area contributed by atoms with Gasteiger partial charge in [-0.1, -0.05) is 13.8 Å². The minimum atomic E-state index is 0.00449. The van der Waals surface area contributed by atoms with Crippen molar-refractivity contribution in [2.75, 3.05) is 33.7 Å². The van der Waals surface area contributed by atoms with E-state index in [2.05, 4.69) is 24.1 Å². The van der Waals surface area contributed by atoms with E-state index >= 15 is 0 Å². The SMILES string of the molecule is CC(C)C(CNC(=O)N(C)C)N1CCCC1. The molecular weight excluding hydrogens is 202 g/mol. The summed E-state index contributed by atoms with van der Waals surface area (Å²) in [6, 6.07) is 0.483. The first-order valence-electron chi connectivity index (χ1n) is 6.21. The maximum absolute atomic E-state index is 11.5. The molecule has 0 saturated carbocycles. The van der Waals surface area contributed by atoms with Gasteiger partial charge >= 0.3 is 6.03 Å². The molecule has 1 heterocycles. The van der Waals surface area contributed by atoms with Crippen molar-refractivity contribution in [2.24, 2.45) is 5.92 Å². The number of likely N-dealkylation sites (tertiary alicyclic amines) is 1. The Morgan fingerprint density at radius 2 is 1.88 bits per heavy atom. The van der Waals surface area contributed by atoms with Gasteiger partial charge in [0.05, 0.1) is 0 Å². The first-order valence-corrected chi connectivity index (χ1v) is 6.21. The first-order chi connectivity index (χ1) is 7.52. The molecule has 1 atom stereocenters. The van der Waals surface area contributed by atoms with Crippen LogP contribution < -0.4 is 5.32 Å². The molecule has 0 aliphatic carbocycles. The van der Waals surface area contributed by atoms with Crippen molar-refractivity contribution >= 4 is 6.03 Å². The Labute approximate surface area is 99.0 Å². The van der Waals surface area contributed by atoms with Gasteiger partial charge in [0, 0.05) is 26.7 Å². The third-order valence-corrected chi connectivity index (χ3v) is 3.25. The lowest BCUT2D eigenvalue weighted by Gasteiger charge is -2.31. The van der Waals surface area contributed by atoms with Crippen molar-refractivity contribution in [1.29, 1.82) is 0 Å². The molecule has 1 N–H and O–H groups in total. The highest BCUT2D eigenvalue weighted by atomic mass is 16.2. The second-order valence-electron chi connectivity index (χ2n) is 5.13. The molecular formula is C12H25N3O. The second-order valence-corrected chi connectivity index (χ2v) is 5.13. The molecule has 1 rings (SSSR count). The van der Waals surface area contributed by atoms with Gasteiger partial charge in [-0.25, -0.2) is 4.79 Å². The lowest BCUT2D eigenvalue weighted by atomic mass is 10.0. The molecule has 2 amide bonds. The van der Waals surface area contributed by atoms with E-state index in [1.807, 2.05) is 0 Å². The van der Waals surface area contributed by atoms with Gasteiger partial charge < -0.3 is 10.2 Å². The second kappa shape index (κ2) is 6.09. The molecule has 16 heavy (non-hydrogen) atoms. The largest absolute Gasteiger partial charge is 0.336 e. The van der Waals surface area contributed by atoms with Crippen molar-refractivity contribution in [3.8, 4) is 0 Å². The Kier molecular flexibility index (Phi) is 5.06. The number of nitrogens with zero attached hydrogens (tertiary/aromatic N) is 2. The summed E-state index contributed by atoms with van der Waals surface area (Å²) >= 11 is 0. The number of carbonyl (C=O) groups is 1. The molecule has 1 saturated heterocycles. The highest BCUT2D eigenvalue weighted by molar-refractivity contribution is 5.73. The molecule has 4 heteroatoms. The molecule has 4 nitrogen and oxygen atoms in total. The Bertz CT molecular complexity index is 222. The van der Waals surface area contributed by atoms with Gasteiger partial charge in [-0.2, -0.15) is 0 Å². The van der Waals surface area contributed by atoms with Crippen LogP contribution in [0.25, 0.3) is 0 Å². The fourth-order valence-electron chi connectivity index (χ4n) is 2.21. The molecule has 0 aromatic heterocycles. The third-order valence-electron chi connectivity index (χ3n) is 3.25. The number of nitrogens with one attached hydrogen (secondary N) is 1. The number of hydrogen-bond donors (Lipinski definition) is 1. The Morgan fingerprint density at radius 1 is 1.31 bits per heavy atom. The Balaban J connectivity index is 2.42. The van der Waals surface area contributed by atoms with Gasteiger partial charge in [0.15, 0.2) is 0 Å². The van der Waals surface area contributed by atoms with Crippen molar-refractivity contribution in [1.82, 2.24) is 15.1 Å². The van der Waals surface area contributed by atoms with Gasteiger partial charge in [0.1, 0.15) is 0 Å². The van der Waals surface area contributed by atoms with Crippen LogP contribution in [0.15, 0.2) is 0 Å². The number of carbonyl (C=O) groups excluding carboxylic acids is 1. The molecule has 1 aliphatic rings. The van der Waals surface area contributed by atoms with Gasteiger partial charge in [0.25, 0.3) is 0 Å². The summed E-state index contributed by atoms with van der Waals surface area (Å²) in [5.41, 5.74) is 0. The summed E-state index contributed by atoms with van der Waals surface area (Å²) in [5, 5.41) is 2.99. The summed E-state index contributed by atoms with van der Waals surface area (Å²) in [7, 11) is 3.55. The average molecular weight is 227 g/mol. The summed E-state index contributed by atoms with van der Waals surface area (Å²) in [6.07, 6.45) is 2.59. The molecule has 0 aromatic rings. The van der Waals surface area contributed by atoms with E-state index < -0.39 is 0 Å². The third kappa shape index (κ3) is 3.67. The van der Waals surface area contributed by atoms with Gasteiger partial charge in [-0.15, -0.1) is 0 Å². The van der Waals surface area contributed by atoms with E-state index in [0.29, 0.717) is 12.0 Å². The lowest BCUT2D eigenvalue weighted by Crippen LogP contribution is -2.47. The number of urea groups is 1. The van der Waals surface area contributed by atoms with E-state index in [9.17, 15) is 4.79 Å². The first kappa shape index (κ1) is 13.3. The molecule has 94 valence electrons. The Morgan fingerprint density at radius 3 is 2.31 bits per heavy atom. The van der Waals surface area contributed by atoms with E-state index in [4.69, 9.17) is 0 Å². The smallest absolute Gasteiger partial charge is 0.316 e. The molecule has 0 radical (unpaired) electrons. The number of rotatable bonds is 4.